The monoisotopic (exact) mass is 287 g/mol. The van der Waals surface area contributed by atoms with E-state index in [9.17, 15) is 13.2 Å². The smallest absolute Gasteiger partial charge is 0.240 e. The van der Waals surface area contributed by atoms with E-state index in [0.29, 0.717) is 12.1 Å². The van der Waals surface area contributed by atoms with Gasteiger partial charge in [-0.1, -0.05) is 12.1 Å². The minimum Gasteiger partial charge on any atom is -0.295 e. The van der Waals surface area contributed by atoms with Gasteiger partial charge in [0.2, 0.25) is 10.0 Å². The Kier molecular flexibility index (Phi) is 5.84. The third kappa shape index (κ3) is 4.44. The second-order valence-corrected chi connectivity index (χ2v) is 6.58. The minimum absolute atomic E-state index is 0.138. The van der Waals surface area contributed by atoms with E-state index in [1.54, 1.807) is 23.9 Å². The maximum Gasteiger partial charge on any atom is 0.240 e. The van der Waals surface area contributed by atoms with Gasteiger partial charge in [-0.05, 0) is 37.5 Å². The van der Waals surface area contributed by atoms with Crippen LogP contribution in [0.25, 0.3) is 0 Å². The van der Waals surface area contributed by atoms with Crippen LogP contribution in [0.2, 0.25) is 0 Å². The van der Waals surface area contributed by atoms with Crippen LogP contribution in [-0.2, 0) is 10.0 Å². The number of ketones is 1. The van der Waals surface area contributed by atoms with Crippen LogP contribution >= 0.6 is 11.8 Å². The number of carbonyl (C=O) groups excluding carboxylic acids is 1. The summed E-state index contributed by atoms with van der Waals surface area (Å²) in [6.45, 7) is 1.82. The number of nitrogens with one attached hydrogen (secondary N) is 1. The van der Waals surface area contributed by atoms with Crippen molar-refractivity contribution in [3.63, 3.8) is 0 Å². The molecular weight excluding hydrogens is 270 g/mol. The van der Waals surface area contributed by atoms with Crippen molar-refractivity contribution in [2.45, 2.75) is 18.2 Å². The number of rotatable bonds is 7. The molecule has 1 aromatic carbocycles. The molecular formula is C12H17NO3S2. The van der Waals surface area contributed by atoms with Gasteiger partial charge in [0.15, 0.2) is 5.78 Å². The number of thioether (sulfide) groups is 1. The molecule has 0 atom stereocenters. The average molecular weight is 287 g/mol. The summed E-state index contributed by atoms with van der Waals surface area (Å²) >= 11 is 1.67. The van der Waals surface area contributed by atoms with Crippen LogP contribution in [0.4, 0.5) is 0 Å². The Morgan fingerprint density at radius 1 is 1.39 bits per heavy atom. The van der Waals surface area contributed by atoms with Crippen molar-refractivity contribution in [3.8, 4) is 0 Å². The van der Waals surface area contributed by atoms with Crippen molar-refractivity contribution in [2.24, 2.45) is 0 Å². The largest absolute Gasteiger partial charge is 0.295 e. The average Bonchev–Trinajstić information content (AvgIpc) is 2.35. The van der Waals surface area contributed by atoms with E-state index >= 15 is 0 Å². The molecule has 0 saturated carbocycles. The number of carbonyl (C=O) groups is 1. The van der Waals surface area contributed by atoms with Crippen molar-refractivity contribution in [2.75, 3.05) is 18.6 Å². The van der Waals surface area contributed by atoms with E-state index in [1.807, 2.05) is 6.26 Å². The third-order valence-corrected chi connectivity index (χ3v) is 4.52. The molecule has 0 saturated heterocycles. The number of hydrogen-bond donors (Lipinski definition) is 1. The fourth-order valence-electron chi connectivity index (χ4n) is 1.39. The first kappa shape index (κ1) is 15.2. The molecule has 1 N–H and O–H groups in total. The first-order valence-electron chi connectivity index (χ1n) is 5.57. The molecule has 0 spiro atoms. The van der Waals surface area contributed by atoms with Gasteiger partial charge in [0.25, 0.3) is 0 Å². The van der Waals surface area contributed by atoms with Gasteiger partial charge in [-0.25, -0.2) is 13.1 Å². The lowest BCUT2D eigenvalue weighted by Gasteiger charge is -2.07. The van der Waals surface area contributed by atoms with E-state index in [4.69, 9.17) is 0 Å². The predicted molar refractivity (Wildman–Crippen MR) is 74.6 cm³/mol. The topological polar surface area (TPSA) is 63.2 Å². The Morgan fingerprint density at radius 3 is 2.72 bits per heavy atom. The summed E-state index contributed by atoms with van der Waals surface area (Å²) in [6.07, 6.45) is 2.76. The highest BCUT2D eigenvalue weighted by atomic mass is 32.2. The SMILES string of the molecule is CSCCCNS(=O)(=O)c1cccc(C(C)=O)c1. The molecule has 0 aromatic heterocycles. The first-order valence-corrected chi connectivity index (χ1v) is 8.44. The number of benzene rings is 1. The van der Waals surface area contributed by atoms with Gasteiger partial charge < -0.3 is 0 Å². The quantitative estimate of drug-likeness (QED) is 0.615. The van der Waals surface area contributed by atoms with E-state index < -0.39 is 10.0 Å². The maximum absolute atomic E-state index is 11.9. The Morgan fingerprint density at radius 2 is 2.11 bits per heavy atom. The van der Waals surface area contributed by atoms with Crippen molar-refractivity contribution in [1.29, 1.82) is 0 Å². The molecule has 6 heteroatoms. The Bertz CT molecular complexity index is 512. The predicted octanol–water partition coefficient (Wildman–Crippen LogP) is 1.92. The van der Waals surface area contributed by atoms with Crippen LogP contribution in [-0.4, -0.2) is 32.8 Å². The first-order chi connectivity index (χ1) is 8.47. The molecule has 18 heavy (non-hydrogen) atoms. The zero-order valence-electron chi connectivity index (χ0n) is 10.5. The van der Waals surface area contributed by atoms with Crippen LogP contribution in [0.3, 0.4) is 0 Å². The second kappa shape index (κ2) is 6.92. The fraction of sp³-hybridized carbons (Fsp3) is 0.417. The summed E-state index contributed by atoms with van der Waals surface area (Å²) < 4.78 is 26.4. The summed E-state index contributed by atoms with van der Waals surface area (Å²) in [7, 11) is -3.51. The summed E-state index contributed by atoms with van der Waals surface area (Å²) in [5.41, 5.74) is 0.405. The number of hydrogen-bond acceptors (Lipinski definition) is 4. The molecule has 0 fully saturated rings. The summed E-state index contributed by atoms with van der Waals surface area (Å²) in [6, 6.07) is 6.07. The molecule has 0 amide bonds. The lowest BCUT2D eigenvalue weighted by atomic mass is 10.2. The molecule has 0 radical (unpaired) electrons. The van der Waals surface area contributed by atoms with Crippen LogP contribution in [0.1, 0.15) is 23.7 Å². The minimum atomic E-state index is -3.51. The number of sulfonamides is 1. The van der Waals surface area contributed by atoms with E-state index in [2.05, 4.69) is 4.72 Å². The molecule has 100 valence electrons. The Hall–Kier alpha value is -0.850. The lowest BCUT2D eigenvalue weighted by molar-refractivity contribution is 0.101. The zero-order chi connectivity index (χ0) is 13.6. The van der Waals surface area contributed by atoms with Gasteiger partial charge in [0, 0.05) is 12.1 Å². The van der Waals surface area contributed by atoms with Crippen molar-refractivity contribution in [1.82, 2.24) is 4.72 Å². The molecule has 1 rings (SSSR count). The fourth-order valence-corrected chi connectivity index (χ4v) is 2.94. The Balaban J connectivity index is 2.78. The van der Waals surface area contributed by atoms with Gasteiger partial charge in [-0.3, -0.25) is 4.79 Å². The second-order valence-electron chi connectivity index (χ2n) is 3.83. The molecule has 0 aliphatic heterocycles. The summed E-state index contributed by atoms with van der Waals surface area (Å²) in [5, 5.41) is 0. The van der Waals surface area contributed by atoms with E-state index in [-0.39, 0.29) is 10.7 Å². The van der Waals surface area contributed by atoms with E-state index in [0.717, 1.165) is 12.2 Å². The standard InChI is InChI=1S/C12H17NO3S2/c1-10(14)11-5-3-6-12(9-11)18(15,16)13-7-4-8-17-2/h3,5-6,9,13H,4,7-8H2,1-2H3. The molecule has 0 heterocycles. The highest BCUT2D eigenvalue weighted by Crippen LogP contribution is 2.12. The zero-order valence-corrected chi connectivity index (χ0v) is 12.1. The van der Waals surface area contributed by atoms with E-state index in [1.165, 1.54) is 19.1 Å². The highest BCUT2D eigenvalue weighted by Gasteiger charge is 2.14. The van der Waals surface area contributed by atoms with Gasteiger partial charge in [0.1, 0.15) is 0 Å². The summed E-state index contributed by atoms with van der Waals surface area (Å²) in [4.78, 5) is 11.3. The van der Waals surface area contributed by atoms with Gasteiger partial charge in [0.05, 0.1) is 4.90 Å². The van der Waals surface area contributed by atoms with Crippen molar-refractivity contribution >= 4 is 27.6 Å². The molecule has 0 aliphatic carbocycles. The molecule has 4 nitrogen and oxygen atoms in total. The summed E-state index contributed by atoms with van der Waals surface area (Å²) in [5.74, 6) is 0.769. The van der Waals surface area contributed by atoms with Crippen LogP contribution < -0.4 is 4.72 Å². The molecule has 0 bridgehead atoms. The maximum atomic E-state index is 11.9. The van der Waals surface area contributed by atoms with Gasteiger partial charge in [-0.15, -0.1) is 0 Å². The number of Topliss-reactive ketones (excluding diaryl/α,β-unsaturated/α-hetero) is 1. The van der Waals surface area contributed by atoms with Crippen LogP contribution in [0.5, 0.6) is 0 Å². The van der Waals surface area contributed by atoms with Crippen molar-refractivity contribution < 1.29 is 13.2 Å². The normalized spacial score (nSPS) is 11.4. The molecule has 0 aliphatic rings. The van der Waals surface area contributed by atoms with Crippen LogP contribution in [0, 0.1) is 0 Å². The molecule has 0 unspecified atom stereocenters. The Labute approximate surface area is 112 Å². The van der Waals surface area contributed by atoms with Gasteiger partial charge in [-0.2, -0.15) is 11.8 Å². The highest BCUT2D eigenvalue weighted by molar-refractivity contribution is 7.98. The van der Waals surface area contributed by atoms with Gasteiger partial charge >= 0.3 is 0 Å². The van der Waals surface area contributed by atoms with Crippen molar-refractivity contribution in [3.05, 3.63) is 29.8 Å². The molecule has 1 aromatic rings. The van der Waals surface area contributed by atoms with Crippen LogP contribution in [0.15, 0.2) is 29.2 Å². The lowest BCUT2D eigenvalue weighted by Crippen LogP contribution is -2.25. The third-order valence-electron chi connectivity index (χ3n) is 2.37.